The second-order valence-corrected chi connectivity index (χ2v) is 10.6. The standard InChI is InChI=1S/C30H33N3O5/c1-21-18-23(19-27(34)32-21)28(35)31-14-17-33-15-12-22(13-16-33)26(20-33)38-29(36)30(37,24-8-4-2-5-9-24)25-10-6-3-7-11-25/h2-11,18-19,22,26,37H,12-17,20H2,1H3,(H-,31,32,34,35)/p+1/t22?,26-,33?/m0/s1. The molecule has 1 aromatic heterocycles. The van der Waals surface area contributed by atoms with Gasteiger partial charge in [-0.25, -0.2) is 4.79 Å². The first-order valence-corrected chi connectivity index (χ1v) is 13.2. The van der Waals surface area contributed by atoms with Gasteiger partial charge in [0.2, 0.25) is 11.2 Å². The molecule has 1 amide bonds. The highest BCUT2D eigenvalue weighted by atomic mass is 16.6. The van der Waals surface area contributed by atoms with E-state index in [9.17, 15) is 19.5 Å². The van der Waals surface area contributed by atoms with Crippen LogP contribution in [0, 0.1) is 12.8 Å². The van der Waals surface area contributed by atoms with E-state index in [0.717, 1.165) is 30.4 Å². The lowest BCUT2D eigenvalue weighted by atomic mass is 9.82. The summed E-state index contributed by atoms with van der Waals surface area (Å²) in [6.45, 7) is 5.47. The van der Waals surface area contributed by atoms with Crippen molar-refractivity contribution in [3.63, 3.8) is 0 Å². The molecule has 1 atom stereocenters. The molecule has 3 fully saturated rings. The van der Waals surface area contributed by atoms with Crippen molar-refractivity contribution in [2.75, 3.05) is 32.7 Å². The van der Waals surface area contributed by atoms with Crippen LogP contribution in [0.1, 0.15) is 40.0 Å². The number of nitrogens with one attached hydrogen (secondary N) is 2. The van der Waals surface area contributed by atoms with Crippen LogP contribution in [0.5, 0.6) is 0 Å². The molecule has 3 aliphatic heterocycles. The zero-order valence-corrected chi connectivity index (χ0v) is 21.6. The molecule has 0 radical (unpaired) electrons. The van der Waals surface area contributed by atoms with Gasteiger partial charge >= 0.3 is 5.97 Å². The smallest absolute Gasteiger partial charge is 0.348 e. The molecule has 38 heavy (non-hydrogen) atoms. The van der Waals surface area contributed by atoms with Crippen LogP contribution in [0.25, 0.3) is 0 Å². The molecule has 0 aliphatic carbocycles. The fourth-order valence-corrected chi connectivity index (χ4v) is 5.98. The number of aromatic nitrogens is 1. The number of H-pyrrole nitrogens is 1. The van der Waals surface area contributed by atoms with E-state index in [4.69, 9.17) is 4.74 Å². The zero-order chi connectivity index (χ0) is 26.8. The molecule has 2 bridgehead atoms. The third kappa shape index (κ3) is 5.14. The minimum atomic E-state index is -1.90. The summed E-state index contributed by atoms with van der Waals surface area (Å²) < 4.78 is 6.87. The van der Waals surface area contributed by atoms with Gasteiger partial charge in [-0.15, -0.1) is 0 Å². The number of amides is 1. The largest absolute Gasteiger partial charge is 0.453 e. The monoisotopic (exact) mass is 516 g/mol. The highest BCUT2D eigenvalue weighted by molar-refractivity contribution is 5.94. The topological polar surface area (TPSA) is 108 Å². The second-order valence-electron chi connectivity index (χ2n) is 10.6. The summed E-state index contributed by atoms with van der Waals surface area (Å²) in [7, 11) is 0. The quantitative estimate of drug-likeness (QED) is 0.315. The summed E-state index contributed by atoms with van der Waals surface area (Å²) >= 11 is 0. The zero-order valence-electron chi connectivity index (χ0n) is 21.6. The van der Waals surface area contributed by atoms with E-state index in [1.807, 2.05) is 12.1 Å². The number of esters is 1. The Hall–Kier alpha value is -3.75. The predicted octanol–water partition coefficient (Wildman–Crippen LogP) is 2.50. The minimum Gasteiger partial charge on any atom is -0.453 e. The lowest BCUT2D eigenvalue weighted by Crippen LogP contribution is -2.66. The van der Waals surface area contributed by atoms with Gasteiger partial charge in [-0.1, -0.05) is 60.7 Å². The highest BCUT2D eigenvalue weighted by Crippen LogP contribution is 2.38. The number of hydrogen-bond acceptors (Lipinski definition) is 5. The molecule has 2 aromatic carbocycles. The van der Waals surface area contributed by atoms with Gasteiger partial charge in [-0.05, 0) is 24.1 Å². The van der Waals surface area contributed by atoms with Crippen molar-refractivity contribution in [2.24, 2.45) is 5.92 Å². The Labute approximate surface area is 221 Å². The normalized spacial score (nSPS) is 22.6. The van der Waals surface area contributed by atoms with Gasteiger partial charge in [0.05, 0.1) is 26.2 Å². The molecule has 0 spiro atoms. The van der Waals surface area contributed by atoms with Gasteiger partial charge in [-0.3, -0.25) is 9.59 Å². The molecular formula is C30H34N3O5+. The number of carbonyl (C=O) groups is 2. The number of aromatic amines is 1. The Morgan fingerprint density at radius 1 is 1.03 bits per heavy atom. The number of rotatable bonds is 8. The van der Waals surface area contributed by atoms with E-state index < -0.39 is 11.6 Å². The highest BCUT2D eigenvalue weighted by Gasteiger charge is 2.50. The number of piperidine rings is 3. The molecule has 3 N–H and O–H groups in total. The van der Waals surface area contributed by atoms with Gasteiger partial charge in [0, 0.05) is 36.1 Å². The maximum absolute atomic E-state index is 13.7. The van der Waals surface area contributed by atoms with Crippen LogP contribution in [0.2, 0.25) is 0 Å². The van der Waals surface area contributed by atoms with Crippen molar-refractivity contribution >= 4 is 11.9 Å². The average molecular weight is 517 g/mol. The Bertz CT molecular complexity index is 1310. The average Bonchev–Trinajstić information content (AvgIpc) is 2.93. The number of nitrogens with zero attached hydrogens (tertiary/aromatic N) is 1. The Balaban J connectivity index is 1.27. The van der Waals surface area contributed by atoms with E-state index in [0.29, 0.717) is 42.0 Å². The number of hydrogen-bond donors (Lipinski definition) is 3. The van der Waals surface area contributed by atoms with Crippen LogP contribution in [-0.4, -0.2) is 65.3 Å². The molecule has 3 saturated heterocycles. The summed E-state index contributed by atoms with van der Waals surface area (Å²) in [6.07, 6.45) is 1.54. The number of quaternary nitrogens is 1. The number of benzene rings is 2. The first-order chi connectivity index (χ1) is 18.3. The molecule has 3 aromatic rings. The maximum atomic E-state index is 13.7. The number of fused-ring (bicyclic) bond motifs is 3. The summed E-state index contributed by atoms with van der Waals surface area (Å²) in [5.41, 5.74) is -0.280. The summed E-state index contributed by atoms with van der Waals surface area (Å²) in [4.78, 5) is 40.6. The van der Waals surface area contributed by atoms with Crippen molar-refractivity contribution < 1.29 is 23.9 Å². The second kappa shape index (κ2) is 10.6. The van der Waals surface area contributed by atoms with Gasteiger partial charge in [0.25, 0.3) is 5.91 Å². The fraction of sp³-hybridized carbons (Fsp3) is 0.367. The van der Waals surface area contributed by atoms with Gasteiger partial charge in [-0.2, -0.15) is 0 Å². The van der Waals surface area contributed by atoms with E-state index in [2.05, 4.69) is 10.3 Å². The van der Waals surface area contributed by atoms with E-state index >= 15 is 0 Å². The molecular weight excluding hydrogens is 482 g/mol. The van der Waals surface area contributed by atoms with Gasteiger partial charge < -0.3 is 24.6 Å². The lowest BCUT2D eigenvalue weighted by molar-refractivity contribution is -0.945. The van der Waals surface area contributed by atoms with Crippen molar-refractivity contribution in [1.29, 1.82) is 0 Å². The molecule has 0 unspecified atom stereocenters. The van der Waals surface area contributed by atoms with Crippen molar-refractivity contribution in [1.82, 2.24) is 10.3 Å². The Morgan fingerprint density at radius 2 is 1.63 bits per heavy atom. The fourth-order valence-electron chi connectivity index (χ4n) is 5.98. The SMILES string of the molecule is Cc1cc(C(=O)NCC[N+]23CCC(CC2)[C@@H](OC(=O)C(O)(c2ccccc2)c2ccccc2)C3)cc(=O)[nH]1. The Morgan fingerprint density at radius 3 is 2.21 bits per heavy atom. The van der Waals surface area contributed by atoms with Crippen LogP contribution in [0.3, 0.4) is 0 Å². The van der Waals surface area contributed by atoms with Gasteiger partial charge in [0.15, 0.2) is 6.10 Å². The number of pyridine rings is 1. The number of aryl methyl sites for hydroxylation is 1. The first kappa shape index (κ1) is 25.9. The minimum absolute atomic E-state index is 0.253. The molecule has 3 aliphatic rings. The number of aliphatic hydroxyl groups is 1. The van der Waals surface area contributed by atoms with E-state index in [1.165, 1.54) is 6.07 Å². The third-order valence-electron chi connectivity index (χ3n) is 8.09. The van der Waals surface area contributed by atoms with Gasteiger partial charge in [0.1, 0.15) is 6.54 Å². The maximum Gasteiger partial charge on any atom is 0.348 e. The van der Waals surface area contributed by atoms with Crippen molar-refractivity contribution in [2.45, 2.75) is 31.5 Å². The lowest BCUT2D eigenvalue weighted by Gasteiger charge is -2.52. The van der Waals surface area contributed by atoms with Crippen LogP contribution >= 0.6 is 0 Å². The third-order valence-corrected chi connectivity index (χ3v) is 8.09. The summed E-state index contributed by atoms with van der Waals surface area (Å²) in [5.74, 6) is -0.684. The predicted molar refractivity (Wildman–Crippen MR) is 142 cm³/mol. The molecule has 0 saturated carbocycles. The van der Waals surface area contributed by atoms with Crippen molar-refractivity contribution in [3.8, 4) is 0 Å². The van der Waals surface area contributed by atoms with Crippen LogP contribution in [0.4, 0.5) is 0 Å². The van der Waals surface area contributed by atoms with Crippen LogP contribution in [0.15, 0.2) is 77.6 Å². The summed E-state index contributed by atoms with van der Waals surface area (Å²) in [5, 5.41) is 14.7. The molecule has 8 nitrogen and oxygen atoms in total. The molecule has 4 heterocycles. The molecule has 6 rings (SSSR count). The molecule has 8 heteroatoms. The number of ether oxygens (including phenoxy) is 1. The van der Waals surface area contributed by atoms with E-state index in [-0.39, 0.29) is 23.5 Å². The van der Waals surface area contributed by atoms with Crippen molar-refractivity contribution in [3.05, 3.63) is 106 Å². The summed E-state index contributed by atoms with van der Waals surface area (Å²) in [6, 6.07) is 20.8. The first-order valence-electron chi connectivity index (χ1n) is 13.2. The van der Waals surface area contributed by atoms with Crippen LogP contribution in [-0.2, 0) is 15.1 Å². The molecule has 198 valence electrons. The van der Waals surface area contributed by atoms with Crippen LogP contribution < -0.4 is 10.9 Å². The Kier molecular flexibility index (Phi) is 7.19. The number of carbonyl (C=O) groups excluding carboxylic acids is 2. The van der Waals surface area contributed by atoms with E-state index in [1.54, 1.807) is 61.5 Å².